The van der Waals surface area contributed by atoms with E-state index in [4.69, 9.17) is 0 Å². The van der Waals surface area contributed by atoms with E-state index >= 15 is 0 Å². The van der Waals surface area contributed by atoms with Gasteiger partial charge in [-0.1, -0.05) is 12.1 Å². The maximum absolute atomic E-state index is 13.5. The Morgan fingerprint density at radius 3 is 2.54 bits per heavy atom. The standard InChI is InChI=1S/C18H16F4N4O2/c1-9-23-16-14(17(27)24-9)13(8-19)25-26(16)15(10-2-3-10)11-4-6-12(7-5-11)28-18(20,21)22/h4-7,10,15H,2-3,8H2,1H3,(H,23,24,27)/t15-/m0/s1. The lowest BCUT2D eigenvalue weighted by Crippen LogP contribution is -2.18. The number of fused-ring (bicyclic) bond motifs is 1. The van der Waals surface area contributed by atoms with Gasteiger partial charge in [0.05, 0.1) is 6.04 Å². The molecule has 0 saturated heterocycles. The van der Waals surface area contributed by atoms with E-state index in [1.54, 1.807) is 6.92 Å². The number of ether oxygens (including phenoxy) is 1. The van der Waals surface area contributed by atoms with E-state index in [1.807, 2.05) is 0 Å². The molecule has 28 heavy (non-hydrogen) atoms. The van der Waals surface area contributed by atoms with Gasteiger partial charge in [-0.2, -0.15) is 5.10 Å². The van der Waals surface area contributed by atoms with Gasteiger partial charge in [0.1, 0.15) is 29.3 Å². The summed E-state index contributed by atoms with van der Waals surface area (Å²) in [5.74, 6) is 0.213. The highest BCUT2D eigenvalue weighted by molar-refractivity contribution is 5.77. The van der Waals surface area contributed by atoms with Crippen LogP contribution in [0.25, 0.3) is 11.0 Å². The lowest BCUT2D eigenvalue weighted by Gasteiger charge is -2.19. The van der Waals surface area contributed by atoms with E-state index in [2.05, 4.69) is 19.8 Å². The Morgan fingerprint density at radius 2 is 1.96 bits per heavy atom. The Morgan fingerprint density at radius 1 is 1.29 bits per heavy atom. The largest absolute Gasteiger partial charge is 0.573 e. The zero-order valence-corrected chi connectivity index (χ0v) is 14.8. The zero-order valence-electron chi connectivity index (χ0n) is 14.8. The predicted octanol–water partition coefficient (Wildman–Crippen LogP) is 3.80. The van der Waals surface area contributed by atoms with Gasteiger partial charge in [0.2, 0.25) is 0 Å². The maximum Gasteiger partial charge on any atom is 0.573 e. The number of benzene rings is 1. The van der Waals surface area contributed by atoms with Crippen molar-refractivity contribution in [2.45, 2.75) is 38.8 Å². The van der Waals surface area contributed by atoms with Crippen LogP contribution in [0.2, 0.25) is 0 Å². The number of alkyl halides is 4. The van der Waals surface area contributed by atoms with Gasteiger partial charge < -0.3 is 9.72 Å². The smallest absolute Gasteiger partial charge is 0.406 e. The molecule has 3 aromatic rings. The van der Waals surface area contributed by atoms with Crippen molar-refractivity contribution in [3.63, 3.8) is 0 Å². The highest BCUT2D eigenvalue weighted by Gasteiger charge is 2.37. The molecule has 1 N–H and O–H groups in total. The predicted molar refractivity (Wildman–Crippen MR) is 91.7 cm³/mol. The molecule has 4 rings (SSSR count). The van der Waals surface area contributed by atoms with Crippen molar-refractivity contribution >= 4 is 11.0 Å². The van der Waals surface area contributed by atoms with Crippen LogP contribution < -0.4 is 10.3 Å². The molecule has 1 aliphatic rings. The van der Waals surface area contributed by atoms with Crippen molar-refractivity contribution < 1.29 is 22.3 Å². The summed E-state index contributed by atoms with van der Waals surface area (Å²) >= 11 is 0. The second-order valence-corrected chi connectivity index (χ2v) is 6.77. The molecule has 1 aromatic carbocycles. The van der Waals surface area contributed by atoms with Gasteiger partial charge in [0.25, 0.3) is 5.56 Å². The number of aryl methyl sites for hydroxylation is 1. The fourth-order valence-electron chi connectivity index (χ4n) is 3.40. The molecular weight excluding hydrogens is 380 g/mol. The number of halogens is 4. The molecule has 2 aromatic heterocycles. The summed E-state index contributed by atoms with van der Waals surface area (Å²) in [6.45, 7) is 0.690. The van der Waals surface area contributed by atoms with Crippen LogP contribution in [0.3, 0.4) is 0 Å². The molecule has 2 heterocycles. The normalized spacial score (nSPS) is 15.8. The van der Waals surface area contributed by atoms with Crippen molar-refractivity contribution in [1.82, 2.24) is 19.7 Å². The number of H-pyrrole nitrogens is 1. The van der Waals surface area contributed by atoms with Gasteiger partial charge in [-0.05, 0) is 43.4 Å². The second-order valence-electron chi connectivity index (χ2n) is 6.77. The Kier molecular flexibility index (Phi) is 4.35. The van der Waals surface area contributed by atoms with Gasteiger partial charge in [-0.15, -0.1) is 13.2 Å². The molecule has 1 saturated carbocycles. The summed E-state index contributed by atoms with van der Waals surface area (Å²) in [7, 11) is 0. The van der Waals surface area contributed by atoms with Gasteiger partial charge in [0, 0.05) is 0 Å². The first-order valence-electron chi connectivity index (χ1n) is 8.66. The Balaban J connectivity index is 1.80. The molecule has 0 aliphatic heterocycles. The van der Waals surface area contributed by atoms with Crippen molar-refractivity contribution in [1.29, 1.82) is 0 Å². The minimum absolute atomic E-state index is 0.00794. The Bertz CT molecular complexity index is 1070. The van der Waals surface area contributed by atoms with Crippen LogP contribution in [0.5, 0.6) is 5.75 Å². The third-order valence-electron chi connectivity index (χ3n) is 4.67. The summed E-state index contributed by atoms with van der Waals surface area (Å²) in [5, 5.41) is 4.37. The SMILES string of the molecule is Cc1nc2c(c(CF)nn2[C@H](c2ccc(OC(F)(F)F)cc2)C2CC2)c(=O)[nH]1. The first-order chi connectivity index (χ1) is 13.3. The lowest BCUT2D eigenvalue weighted by molar-refractivity contribution is -0.274. The van der Waals surface area contributed by atoms with E-state index in [9.17, 15) is 22.4 Å². The first-order valence-corrected chi connectivity index (χ1v) is 8.66. The average molecular weight is 396 g/mol. The molecule has 148 valence electrons. The van der Waals surface area contributed by atoms with Gasteiger partial charge in [-0.25, -0.2) is 14.1 Å². The summed E-state index contributed by atoms with van der Waals surface area (Å²) in [5.41, 5.74) is 0.476. The summed E-state index contributed by atoms with van der Waals surface area (Å²) in [4.78, 5) is 19.2. The number of nitrogens with one attached hydrogen (secondary N) is 1. The molecule has 10 heteroatoms. The number of hydrogen-bond acceptors (Lipinski definition) is 4. The van der Waals surface area contributed by atoms with Crippen LogP contribution in [0.1, 0.15) is 36.0 Å². The molecule has 0 spiro atoms. The molecule has 0 unspecified atom stereocenters. The third-order valence-corrected chi connectivity index (χ3v) is 4.67. The molecule has 1 aliphatic carbocycles. The zero-order chi connectivity index (χ0) is 20.1. The van der Waals surface area contributed by atoms with E-state index in [0.29, 0.717) is 11.4 Å². The maximum atomic E-state index is 13.5. The molecule has 1 fully saturated rings. The van der Waals surface area contributed by atoms with E-state index < -0.39 is 18.6 Å². The first kappa shape index (κ1) is 18.5. The Labute approximate surface area is 156 Å². The van der Waals surface area contributed by atoms with Crippen molar-refractivity contribution in [2.75, 3.05) is 0 Å². The minimum Gasteiger partial charge on any atom is -0.406 e. The van der Waals surface area contributed by atoms with Crippen LogP contribution in [0, 0.1) is 12.8 Å². The number of nitrogens with zero attached hydrogens (tertiary/aromatic N) is 3. The monoisotopic (exact) mass is 396 g/mol. The van der Waals surface area contributed by atoms with Crippen molar-refractivity contribution in [3.05, 3.63) is 51.7 Å². The summed E-state index contributed by atoms with van der Waals surface area (Å²) < 4.78 is 56.0. The van der Waals surface area contributed by atoms with Crippen LogP contribution in [0.15, 0.2) is 29.1 Å². The average Bonchev–Trinajstić information content (AvgIpc) is 3.37. The van der Waals surface area contributed by atoms with Gasteiger partial charge >= 0.3 is 6.36 Å². The van der Waals surface area contributed by atoms with Crippen LogP contribution in [0.4, 0.5) is 17.6 Å². The molecule has 1 atom stereocenters. The summed E-state index contributed by atoms with van der Waals surface area (Å²) in [6.07, 6.45) is -2.99. The third kappa shape index (κ3) is 3.46. The molecular formula is C18H16F4N4O2. The fraction of sp³-hybridized carbons (Fsp3) is 0.389. The number of hydrogen-bond donors (Lipinski definition) is 1. The molecule has 0 bridgehead atoms. The van der Waals surface area contributed by atoms with E-state index in [0.717, 1.165) is 12.8 Å². The van der Waals surface area contributed by atoms with Gasteiger partial charge in [0.15, 0.2) is 5.65 Å². The molecule has 0 radical (unpaired) electrons. The van der Waals surface area contributed by atoms with E-state index in [1.165, 1.54) is 28.9 Å². The molecule has 0 amide bonds. The highest BCUT2D eigenvalue weighted by atomic mass is 19.4. The molecule has 6 nitrogen and oxygen atoms in total. The number of aromatic amines is 1. The topological polar surface area (TPSA) is 72.8 Å². The van der Waals surface area contributed by atoms with E-state index in [-0.39, 0.29) is 34.4 Å². The number of rotatable bonds is 5. The van der Waals surface area contributed by atoms with Gasteiger partial charge in [-0.3, -0.25) is 4.79 Å². The lowest BCUT2D eigenvalue weighted by atomic mass is 10.0. The minimum atomic E-state index is -4.77. The second kappa shape index (κ2) is 6.61. The van der Waals surface area contributed by atoms with Crippen LogP contribution in [-0.2, 0) is 6.67 Å². The summed E-state index contributed by atoms with van der Waals surface area (Å²) in [6, 6.07) is 5.13. The van der Waals surface area contributed by atoms with Crippen molar-refractivity contribution in [3.8, 4) is 5.75 Å². The van der Waals surface area contributed by atoms with Crippen LogP contribution >= 0.6 is 0 Å². The highest BCUT2D eigenvalue weighted by Crippen LogP contribution is 2.44. The van der Waals surface area contributed by atoms with Crippen molar-refractivity contribution in [2.24, 2.45) is 5.92 Å². The quantitative estimate of drug-likeness (QED) is 0.666. The van der Waals surface area contributed by atoms with Crippen LogP contribution in [-0.4, -0.2) is 26.1 Å². The fourth-order valence-corrected chi connectivity index (χ4v) is 3.40. The Hall–Kier alpha value is -2.91. The number of aromatic nitrogens is 4.